The zero-order valence-corrected chi connectivity index (χ0v) is 16.9. The van der Waals surface area contributed by atoms with Gasteiger partial charge in [-0.15, -0.1) is 10.2 Å². The molecule has 2 aromatic carbocycles. The lowest BCUT2D eigenvalue weighted by atomic mass is 10.1. The van der Waals surface area contributed by atoms with E-state index in [0.717, 1.165) is 11.1 Å². The van der Waals surface area contributed by atoms with Crippen LogP contribution in [0, 0.1) is 6.92 Å². The number of benzene rings is 2. The first-order chi connectivity index (χ1) is 13.9. The van der Waals surface area contributed by atoms with Crippen molar-refractivity contribution in [2.75, 3.05) is 10.6 Å². The number of nitrogens with one attached hydrogen (secondary N) is 2. The van der Waals surface area contributed by atoms with E-state index in [1.165, 1.54) is 0 Å². The van der Waals surface area contributed by atoms with Crippen LogP contribution in [0.25, 0.3) is 11.5 Å². The number of carbonyl (C=O) groups is 2. The average molecular weight is 413 g/mol. The molecular weight excluding hydrogens is 392 g/mol. The molecule has 29 heavy (non-hydrogen) atoms. The second-order valence-corrected chi connectivity index (χ2v) is 6.92. The van der Waals surface area contributed by atoms with Gasteiger partial charge >= 0.3 is 0 Å². The number of halogens is 1. The van der Waals surface area contributed by atoms with E-state index in [9.17, 15) is 9.59 Å². The maximum atomic E-state index is 12.3. The third-order valence-electron chi connectivity index (χ3n) is 4.18. The highest BCUT2D eigenvalue weighted by Gasteiger charge is 2.12. The largest absolute Gasteiger partial charge is 0.421 e. The Kier molecular flexibility index (Phi) is 6.61. The summed E-state index contributed by atoms with van der Waals surface area (Å²) in [7, 11) is 0. The van der Waals surface area contributed by atoms with Gasteiger partial charge in [-0.05, 0) is 37.3 Å². The van der Waals surface area contributed by atoms with Crippen LogP contribution in [-0.2, 0) is 16.0 Å². The van der Waals surface area contributed by atoms with Gasteiger partial charge in [0.25, 0.3) is 0 Å². The first kappa shape index (κ1) is 20.5. The Labute approximate surface area is 173 Å². The number of rotatable bonds is 7. The predicted molar refractivity (Wildman–Crippen MR) is 112 cm³/mol. The molecule has 0 saturated heterocycles. The van der Waals surface area contributed by atoms with Gasteiger partial charge in [0.2, 0.25) is 23.6 Å². The zero-order valence-electron chi connectivity index (χ0n) is 16.2. The summed E-state index contributed by atoms with van der Waals surface area (Å²) in [5.74, 6) is 0.430. The van der Waals surface area contributed by atoms with E-state index in [1.807, 2.05) is 31.2 Å². The summed E-state index contributed by atoms with van der Waals surface area (Å²) in [6.07, 6.45) is 0.811. The molecule has 3 aromatic rings. The molecule has 0 radical (unpaired) electrons. The van der Waals surface area contributed by atoms with E-state index in [-0.39, 0.29) is 18.2 Å². The van der Waals surface area contributed by atoms with Gasteiger partial charge < -0.3 is 15.1 Å². The van der Waals surface area contributed by atoms with Crippen molar-refractivity contribution in [1.82, 2.24) is 10.2 Å². The van der Waals surface area contributed by atoms with Crippen molar-refractivity contribution < 1.29 is 14.0 Å². The normalized spacial score (nSPS) is 10.6. The Morgan fingerprint density at radius 3 is 2.52 bits per heavy atom. The molecule has 2 N–H and O–H groups in total. The van der Waals surface area contributed by atoms with Crippen LogP contribution in [0.4, 0.5) is 11.4 Å². The minimum absolute atomic E-state index is 0.120. The molecule has 0 spiro atoms. The minimum atomic E-state index is -0.249. The molecule has 1 heterocycles. The monoisotopic (exact) mass is 412 g/mol. The fourth-order valence-corrected chi connectivity index (χ4v) is 2.71. The van der Waals surface area contributed by atoms with Gasteiger partial charge in [0.1, 0.15) is 0 Å². The standard InChI is InChI=1S/C21H21ClN4O3/c1-3-18(27)23-15-8-9-16(22)17(12-15)24-19(28)10-11-20-25-26-21(29-20)14-6-4-13(2)5-7-14/h4-9,12H,3,10-11H2,1-2H3,(H,23,27)(H,24,28). The van der Waals surface area contributed by atoms with Gasteiger partial charge in [-0.1, -0.05) is 36.2 Å². The van der Waals surface area contributed by atoms with Gasteiger partial charge in [-0.25, -0.2) is 0 Å². The van der Waals surface area contributed by atoms with Gasteiger partial charge in [-0.2, -0.15) is 0 Å². The molecule has 1 aromatic heterocycles. The predicted octanol–water partition coefficient (Wildman–Crippen LogP) is 4.62. The van der Waals surface area contributed by atoms with E-state index < -0.39 is 0 Å². The minimum Gasteiger partial charge on any atom is -0.421 e. The number of aryl methyl sites for hydroxylation is 2. The third-order valence-corrected chi connectivity index (χ3v) is 4.51. The Morgan fingerprint density at radius 2 is 1.79 bits per heavy atom. The van der Waals surface area contributed by atoms with E-state index in [1.54, 1.807) is 25.1 Å². The molecule has 3 rings (SSSR count). The van der Waals surface area contributed by atoms with Crippen LogP contribution in [0.3, 0.4) is 0 Å². The molecule has 0 fully saturated rings. The molecule has 2 amide bonds. The van der Waals surface area contributed by atoms with Crippen molar-refractivity contribution in [3.05, 3.63) is 58.9 Å². The third kappa shape index (κ3) is 5.65. The molecule has 0 saturated carbocycles. The molecule has 150 valence electrons. The number of aromatic nitrogens is 2. The fraction of sp³-hybridized carbons (Fsp3) is 0.238. The number of nitrogens with zero attached hydrogens (tertiary/aromatic N) is 2. The summed E-state index contributed by atoms with van der Waals surface area (Å²) in [5, 5.41) is 13.9. The summed E-state index contributed by atoms with van der Waals surface area (Å²) in [4.78, 5) is 23.8. The number of carbonyl (C=O) groups excluding carboxylic acids is 2. The highest BCUT2D eigenvalue weighted by molar-refractivity contribution is 6.33. The summed E-state index contributed by atoms with van der Waals surface area (Å²) < 4.78 is 5.63. The first-order valence-electron chi connectivity index (χ1n) is 9.23. The van der Waals surface area contributed by atoms with Crippen molar-refractivity contribution in [3.8, 4) is 11.5 Å². The molecule has 0 aliphatic rings. The number of hydrogen-bond acceptors (Lipinski definition) is 5. The number of hydrogen-bond donors (Lipinski definition) is 2. The summed E-state index contributed by atoms with van der Waals surface area (Å²) in [6, 6.07) is 12.7. The van der Waals surface area contributed by atoms with Gasteiger partial charge in [0, 0.05) is 30.5 Å². The number of amides is 2. The van der Waals surface area contributed by atoms with Crippen LogP contribution in [0.1, 0.15) is 31.2 Å². The Balaban J connectivity index is 1.58. The van der Waals surface area contributed by atoms with Crippen LogP contribution in [0.2, 0.25) is 5.02 Å². The molecule has 8 heteroatoms. The second-order valence-electron chi connectivity index (χ2n) is 6.51. The molecular formula is C21H21ClN4O3. The highest BCUT2D eigenvalue weighted by atomic mass is 35.5. The molecule has 7 nitrogen and oxygen atoms in total. The van der Waals surface area contributed by atoms with Crippen LogP contribution in [0.15, 0.2) is 46.9 Å². The number of anilines is 2. The lowest BCUT2D eigenvalue weighted by Crippen LogP contribution is -2.14. The van der Waals surface area contributed by atoms with Crippen molar-refractivity contribution >= 4 is 34.8 Å². The highest BCUT2D eigenvalue weighted by Crippen LogP contribution is 2.26. The Hall–Kier alpha value is -3.19. The van der Waals surface area contributed by atoms with Gasteiger partial charge in [0.05, 0.1) is 10.7 Å². The summed E-state index contributed by atoms with van der Waals surface area (Å²) in [5.41, 5.74) is 2.96. The van der Waals surface area contributed by atoms with Crippen LogP contribution >= 0.6 is 11.6 Å². The van der Waals surface area contributed by atoms with Crippen molar-refractivity contribution in [2.45, 2.75) is 33.1 Å². The SMILES string of the molecule is CCC(=O)Nc1ccc(Cl)c(NC(=O)CCc2nnc(-c3ccc(C)cc3)o2)c1. The van der Waals surface area contributed by atoms with Crippen LogP contribution in [-0.4, -0.2) is 22.0 Å². The summed E-state index contributed by atoms with van der Waals surface area (Å²) >= 11 is 6.14. The van der Waals surface area contributed by atoms with E-state index in [4.69, 9.17) is 16.0 Å². The fourth-order valence-electron chi connectivity index (χ4n) is 2.55. The smallest absolute Gasteiger partial charge is 0.247 e. The maximum absolute atomic E-state index is 12.3. The van der Waals surface area contributed by atoms with E-state index >= 15 is 0 Å². The topological polar surface area (TPSA) is 97.1 Å². The summed E-state index contributed by atoms with van der Waals surface area (Å²) in [6.45, 7) is 3.76. The van der Waals surface area contributed by atoms with Crippen molar-refractivity contribution in [2.24, 2.45) is 0 Å². The Bertz CT molecular complexity index is 1020. The van der Waals surface area contributed by atoms with Crippen molar-refractivity contribution in [3.63, 3.8) is 0 Å². The maximum Gasteiger partial charge on any atom is 0.247 e. The lowest BCUT2D eigenvalue weighted by molar-refractivity contribution is -0.116. The molecule has 0 unspecified atom stereocenters. The van der Waals surface area contributed by atoms with Crippen LogP contribution in [0.5, 0.6) is 0 Å². The average Bonchev–Trinajstić information content (AvgIpc) is 3.18. The second kappa shape index (κ2) is 9.34. The van der Waals surface area contributed by atoms with Gasteiger partial charge in [0.15, 0.2) is 0 Å². The lowest BCUT2D eigenvalue weighted by Gasteiger charge is -2.10. The van der Waals surface area contributed by atoms with Crippen molar-refractivity contribution in [1.29, 1.82) is 0 Å². The zero-order chi connectivity index (χ0) is 20.8. The molecule has 0 bridgehead atoms. The quantitative estimate of drug-likeness (QED) is 0.590. The molecule has 0 atom stereocenters. The molecule has 0 aliphatic heterocycles. The van der Waals surface area contributed by atoms with Gasteiger partial charge in [-0.3, -0.25) is 9.59 Å². The van der Waals surface area contributed by atoms with E-state index in [0.29, 0.717) is 41.0 Å². The van der Waals surface area contributed by atoms with Crippen LogP contribution < -0.4 is 10.6 Å². The van der Waals surface area contributed by atoms with E-state index in [2.05, 4.69) is 20.8 Å². The molecule has 0 aliphatic carbocycles. The Morgan fingerprint density at radius 1 is 1.03 bits per heavy atom. The first-order valence-corrected chi connectivity index (χ1v) is 9.61.